The molecule has 0 spiro atoms. The van der Waals surface area contributed by atoms with Crippen molar-refractivity contribution in [2.24, 2.45) is 5.92 Å². The third kappa shape index (κ3) is 5.91. The van der Waals surface area contributed by atoms with Gasteiger partial charge in [0.15, 0.2) is 17.5 Å². The molecule has 0 bridgehead atoms. The molecule has 0 N–H and O–H groups in total. The predicted octanol–water partition coefficient (Wildman–Crippen LogP) is 17.1. The van der Waals surface area contributed by atoms with Crippen LogP contribution >= 0.6 is 0 Å². The molecule has 0 amide bonds. The van der Waals surface area contributed by atoms with Crippen LogP contribution in [0.2, 0.25) is 0 Å². The maximum atomic E-state index is 5.39. The van der Waals surface area contributed by atoms with Crippen LogP contribution in [0.3, 0.4) is 0 Å². The van der Waals surface area contributed by atoms with Gasteiger partial charge in [0.1, 0.15) is 0 Å². The average Bonchev–Trinajstić information content (AvgIpc) is 3.73. The Morgan fingerprint density at radius 3 is 1.79 bits per heavy atom. The Morgan fingerprint density at radius 1 is 0.471 bits per heavy atom. The minimum Gasteiger partial charge on any atom is -0.208 e. The Labute approximate surface area is 410 Å². The van der Waals surface area contributed by atoms with Crippen molar-refractivity contribution >= 4 is 54.7 Å². The molecule has 0 fully saturated rings. The highest BCUT2D eigenvalue weighted by Crippen LogP contribution is 2.59. The van der Waals surface area contributed by atoms with Gasteiger partial charge in [0, 0.05) is 27.5 Å². The quantitative estimate of drug-likeness (QED) is 0.165. The SMILES string of the molecule is CC1CC=Cc2ccc3ccc(-c4nc(-c5ccc6c(c5)C(C)(C)C5C=C(c7ccc8c(c7)C(C)(C)c7ccc9ccccc9c7-8)C=CC65C)nc(-c5ccc6ccc7ccccc7c6c5)n4)cc3c21. The number of nitrogens with zero attached hydrogens (tertiary/aromatic N) is 3. The number of fused-ring (bicyclic) bond motifs is 14. The highest BCUT2D eigenvalue weighted by Gasteiger charge is 2.52. The zero-order chi connectivity index (χ0) is 47.3. The number of hydrogen-bond acceptors (Lipinski definition) is 3. The number of hydrogen-bond donors (Lipinski definition) is 0. The van der Waals surface area contributed by atoms with Crippen molar-refractivity contribution in [3.05, 3.63) is 221 Å². The second-order valence-electron chi connectivity index (χ2n) is 21.9. The van der Waals surface area contributed by atoms with Gasteiger partial charge >= 0.3 is 0 Å². The second-order valence-corrected chi connectivity index (χ2v) is 21.9. The Morgan fingerprint density at radius 2 is 1.03 bits per heavy atom. The monoisotopic (exact) mass is 899 g/mol. The van der Waals surface area contributed by atoms with Crippen molar-refractivity contribution in [1.29, 1.82) is 0 Å². The van der Waals surface area contributed by atoms with Gasteiger partial charge in [0.05, 0.1) is 0 Å². The number of allylic oxidation sites excluding steroid dienone is 5. The topological polar surface area (TPSA) is 38.7 Å². The van der Waals surface area contributed by atoms with Gasteiger partial charge in [0.2, 0.25) is 0 Å². The summed E-state index contributed by atoms with van der Waals surface area (Å²) in [5, 5.41) is 9.96. The van der Waals surface area contributed by atoms with Crippen molar-refractivity contribution in [1.82, 2.24) is 15.0 Å². The molecule has 4 aliphatic rings. The van der Waals surface area contributed by atoms with E-state index >= 15 is 0 Å². The molecule has 3 nitrogen and oxygen atoms in total. The molecule has 336 valence electrons. The minimum atomic E-state index is -0.179. The fourth-order valence-corrected chi connectivity index (χ4v) is 13.3. The van der Waals surface area contributed by atoms with Gasteiger partial charge in [-0.3, -0.25) is 0 Å². The third-order valence-corrected chi connectivity index (χ3v) is 17.1. The summed E-state index contributed by atoms with van der Waals surface area (Å²) in [6.45, 7) is 14.4. The first-order valence-corrected chi connectivity index (χ1v) is 25.1. The molecule has 70 heavy (non-hydrogen) atoms. The fraction of sp³-hybridized carbons (Fsp3) is 0.179. The van der Waals surface area contributed by atoms with Crippen LogP contribution in [-0.4, -0.2) is 15.0 Å². The molecule has 0 radical (unpaired) electrons. The minimum absolute atomic E-state index is 0.0984. The Bertz CT molecular complexity index is 4030. The molecule has 4 aliphatic carbocycles. The van der Waals surface area contributed by atoms with E-state index in [0.29, 0.717) is 23.4 Å². The van der Waals surface area contributed by atoms with E-state index in [0.717, 1.165) is 23.1 Å². The molecular weight excluding hydrogens is 847 g/mol. The summed E-state index contributed by atoms with van der Waals surface area (Å²) < 4.78 is 0. The lowest BCUT2D eigenvalue weighted by Gasteiger charge is -2.37. The van der Waals surface area contributed by atoms with Crippen LogP contribution in [0, 0.1) is 5.92 Å². The molecule has 0 saturated carbocycles. The molecule has 1 heterocycles. The Kier molecular flexibility index (Phi) is 8.62. The van der Waals surface area contributed by atoms with Crippen LogP contribution in [0.15, 0.2) is 182 Å². The Balaban J connectivity index is 0.883. The molecule has 3 unspecified atom stereocenters. The summed E-state index contributed by atoms with van der Waals surface area (Å²) in [4.78, 5) is 16.1. The molecule has 0 aliphatic heterocycles. The van der Waals surface area contributed by atoms with Crippen LogP contribution in [0.5, 0.6) is 0 Å². The highest BCUT2D eigenvalue weighted by atomic mass is 15.0. The standard InChI is InChI=1S/C67H53N3/c1-39-12-11-15-44-23-20-43-22-25-48(35-54(43)60(39)44)63-68-62(47-24-21-42-19-18-40-13-7-9-16-50(40)53(42)34-47)69-64(70-63)49-28-30-55-58(37-49)66(4,5)59-38-46(32-33-67(55,59)6)45-26-29-52-57(36-45)65(2,3)56-31-27-41-14-8-10-17-51(41)61(52)56/h7-11,13-39,59H,12H2,1-6H3. The van der Waals surface area contributed by atoms with E-state index in [-0.39, 0.29) is 22.2 Å². The van der Waals surface area contributed by atoms with E-state index in [9.17, 15) is 0 Å². The molecule has 10 aromatic rings. The molecule has 3 atom stereocenters. The summed E-state index contributed by atoms with van der Waals surface area (Å²) in [6.07, 6.45) is 13.1. The zero-order valence-electron chi connectivity index (χ0n) is 40.6. The number of aromatic nitrogens is 3. The maximum Gasteiger partial charge on any atom is 0.164 e. The smallest absolute Gasteiger partial charge is 0.164 e. The average molecular weight is 900 g/mol. The fourth-order valence-electron chi connectivity index (χ4n) is 13.3. The van der Waals surface area contributed by atoms with E-state index in [1.807, 2.05) is 0 Å². The van der Waals surface area contributed by atoms with E-state index in [2.05, 4.69) is 230 Å². The summed E-state index contributed by atoms with van der Waals surface area (Å²) in [5.41, 5.74) is 16.1. The second kappa shape index (κ2) is 14.6. The van der Waals surface area contributed by atoms with Gasteiger partial charge in [-0.15, -0.1) is 0 Å². The third-order valence-electron chi connectivity index (χ3n) is 17.1. The summed E-state index contributed by atoms with van der Waals surface area (Å²) in [5.74, 6) is 2.71. The lowest BCUT2D eigenvalue weighted by molar-refractivity contribution is 0.325. The molecule has 0 saturated heterocycles. The first-order valence-electron chi connectivity index (χ1n) is 25.1. The van der Waals surface area contributed by atoms with Crippen LogP contribution in [0.1, 0.15) is 92.8 Å². The number of rotatable bonds is 4. The zero-order valence-corrected chi connectivity index (χ0v) is 40.6. The summed E-state index contributed by atoms with van der Waals surface area (Å²) >= 11 is 0. The van der Waals surface area contributed by atoms with Crippen molar-refractivity contribution in [2.75, 3.05) is 0 Å². The summed E-state index contributed by atoms with van der Waals surface area (Å²) in [7, 11) is 0. The van der Waals surface area contributed by atoms with Crippen LogP contribution in [-0.2, 0) is 16.2 Å². The highest BCUT2D eigenvalue weighted by molar-refractivity contribution is 6.09. The lowest BCUT2D eigenvalue weighted by atomic mass is 9.65. The molecule has 1 aromatic heterocycles. The van der Waals surface area contributed by atoms with Crippen molar-refractivity contribution in [3.63, 3.8) is 0 Å². The first kappa shape index (κ1) is 41.2. The number of benzene rings is 9. The van der Waals surface area contributed by atoms with Crippen LogP contribution in [0.4, 0.5) is 0 Å². The van der Waals surface area contributed by atoms with E-state index < -0.39 is 0 Å². The van der Waals surface area contributed by atoms with Crippen LogP contribution < -0.4 is 0 Å². The molecule has 3 heteroatoms. The van der Waals surface area contributed by atoms with Crippen molar-refractivity contribution in [3.8, 4) is 45.3 Å². The largest absolute Gasteiger partial charge is 0.208 e. The van der Waals surface area contributed by atoms with Crippen molar-refractivity contribution < 1.29 is 0 Å². The predicted molar refractivity (Wildman–Crippen MR) is 293 cm³/mol. The van der Waals surface area contributed by atoms with Crippen LogP contribution in [0.25, 0.3) is 100 Å². The Hall–Kier alpha value is -7.75. The summed E-state index contributed by atoms with van der Waals surface area (Å²) in [6, 6.07) is 58.6. The van der Waals surface area contributed by atoms with Gasteiger partial charge < -0.3 is 0 Å². The molecule has 14 rings (SSSR count). The van der Waals surface area contributed by atoms with Gasteiger partial charge in [-0.1, -0.05) is 205 Å². The lowest BCUT2D eigenvalue weighted by Crippen LogP contribution is -2.34. The van der Waals surface area contributed by atoms with Gasteiger partial charge in [-0.2, -0.15) is 0 Å². The molecular formula is C67H53N3. The first-order chi connectivity index (χ1) is 33.9. The normalized spacial score (nSPS) is 20.1. The van der Waals surface area contributed by atoms with E-state index in [4.69, 9.17) is 15.0 Å². The van der Waals surface area contributed by atoms with Gasteiger partial charge in [-0.05, 0) is 147 Å². The van der Waals surface area contributed by atoms with E-state index in [1.54, 1.807) is 0 Å². The van der Waals surface area contributed by atoms with Crippen molar-refractivity contribution in [2.45, 2.75) is 70.1 Å². The maximum absolute atomic E-state index is 5.39. The van der Waals surface area contributed by atoms with Gasteiger partial charge in [-0.25, -0.2) is 15.0 Å². The molecule has 9 aromatic carbocycles. The van der Waals surface area contributed by atoms with E-state index in [1.165, 1.54) is 98.7 Å². The van der Waals surface area contributed by atoms with Gasteiger partial charge in [0.25, 0.3) is 0 Å².